The number of hydrogen-bond donors (Lipinski definition) is 1. The summed E-state index contributed by atoms with van der Waals surface area (Å²) in [6.45, 7) is 0.410. The Morgan fingerprint density at radius 3 is 2.78 bits per heavy atom. The van der Waals surface area contributed by atoms with Crippen LogP contribution in [0, 0.1) is 5.95 Å². The lowest BCUT2D eigenvalue weighted by Crippen LogP contribution is -2.48. The maximum atomic E-state index is 12.7. The zero-order valence-corrected chi connectivity index (χ0v) is 9.67. The minimum Gasteiger partial charge on any atom is -0.480 e. The first-order chi connectivity index (χ1) is 8.59. The van der Waals surface area contributed by atoms with E-state index in [1.165, 1.54) is 11.0 Å². The van der Waals surface area contributed by atoms with Crippen molar-refractivity contribution in [2.24, 2.45) is 0 Å². The van der Waals surface area contributed by atoms with Crippen LogP contribution in [0.1, 0.15) is 29.6 Å². The number of pyridine rings is 1. The highest BCUT2D eigenvalue weighted by atomic mass is 19.1. The molecule has 0 radical (unpaired) electrons. The van der Waals surface area contributed by atoms with Crippen molar-refractivity contribution in [3.8, 4) is 0 Å². The van der Waals surface area contributed by atoms with Crippen LogP contribution in [0.5, 0.6) is 0 Å². The van der Waals surface area contributed by atoms with Gasteiger partial charge in [0.05, 0.1) is 5.56 Å². The topological polar surface area (TPSA) is 70.5 Å². The van der Waals surface area contributed by atoms with E-state index in [4.69, 9.17) is 5.11 Å². The molecule has 1 saturated heterocycles. The van der Waals surface area contributed by atoms with Gasteiger partial charge in [0.2, 0.25) is 5.95 Å². The van der Waals surface area contributed by atoms with E-state index in [1.807, 2.05) is 0 Å². The van der Waals surface area contributed by atoms with Gasteiger partial charge < -0.3 is 10.0 Å². The Kier molecular flexibility index (Phi) is 3.55. The van der Waals surface area contributed by atoms with Crippen LogP contribution >= 0.6 is 0 Å². The third-order valence-corrected chi connectivity index (χ3v) is 3.02. The highest BCUT2D eigenvalue weighted by molar-refractivity contribution is 5.96. The Bertz CT molecular complexity index is 461. The lowest BCUT2D eigenvalue weighted by molar-refractivity contribution is -0.143. The molecule has 1 aromatic rings. The van der Waals surface area contributed by atoms with Gasteiger partial charge in [0, 0.05) is 12.7 Å². The molecule has 18 heavy (non-hydrogen) atoms. The molecule has 0 unspecified atom stereocenters. The first-order valence-corrected chi connectivity index (χ1v) is 5.75. The summed E-state index contributed by atoms with van der Waals surface area (Å²) in [5.74, 6) is -2.08. The largest absolute Gasteiger partial charge is 0.480 e. The minimum atomic E-state index is -1.00. The highest BCUT2D eigenvalue weighted by Crippen LogP contribution is 2.19. The highest BCUT2D eigenvalue weighted by Gasteiger charge is 2.32. The molecule has 1 fully saturated rings. The summed E-state index contributed by atoms with van der Waals surface area (Å²) in [5.41, 5.74) is 0.213. The Morgan fingerprint density at radius 2 is 2.17 bits per heavy atom. The van der Waals surface area contributed by atoms with Crippen molar-refractivity contribution in [1.29, 1.82) is 0 Å². The van der Waals surface area contributed by atoms with Crippen molar-refractivity contribution in [3.63, 3.8) is 0 Å². The predicted octanol–water partition coefficient (Wildman–Crippen LogP) is 1.30. The number of carboxylic acids is 1. The van der Waals surface area contributed by atoms with Crippen molar-refractivity contribution in [1.82, 2.24) is 9.88 Å². The molecule has 1 aromatic heterocycles. The van der Waals surface area contributed by atoms with Crippen LogP contribution in [0.4, 0.5) is 4.39 Å². The molecule has 2 heterocycles. The van der Waals surface area contributed by atoms with E-state index >= 15 is 0 Å². The number of carbonyl (C=O) groups excluding carboxylic acids is 1. The molecule has 1 N–H and O–H groups in total. The third-order valence-electron chi connectivity index (χ3n) is 3.02. The molecular formula is C12H13FN2O3. The summed E-state index contributed by atoms with van der Waals surface area (Å²) < 4.78 is 12.7. The average Bonchev–Trinajstić information content (AvgIpc) is 2.39. The van der Waals surface area contributed by atoms with Crippen LogP contribution in [-0.4, -0.2) is 39.5 Å². The maximum absolute atomic E-state index is 12.7. The second kappa shape index (κ2) is 5.12. The summed E-state index contributed by atoms with van der Waals surface area (Å²) in [5, 5.41) is 9.08. The van der Waals surface area contributed by atoms with E-state index in [0.717, 1.165) is 25.1 Å². The second-order valence-electron chi connectivity index (χ2n) is 4.22. The van der Waals surface area contributed by atoms with Gasteiger partial charge in [-0.2, -0.15) is 4.39 Å². The maximum Gasteiger partial charge on any atom is 0.326 e. The molecule has 96 valence electrons. The monoisotopic (exact) mass is 252 g/mol. The molecule has 0 bridgehead atoms. The van der Waals surface area contributed by atoms with E-state index in [9.17, 15) is 14.0 Å². The van der Waals surface area contributed by atoms with Crippen LogP contribution in [0.25, 0.3) is 0 Å². The number of rotatable bonds is 2. The molecule has 2 rings (SSSR count). The van der Waals surface area contributed by atoms with E-state index < -0.39 is 23.9 Å². The Balaban J connectivity index is 2.20. The number of likely N-dealkylation sites (tertiary alicyclic amines) is 1. The van der Waals surface area contributed by atoms with Gasteiger partial charge in [-0.25, -0.2) is 9.78 Å². The average molecular weight is 252 g/mol. The van der Waals surface area contributed by atoms with E-state index in [2.05, 4.69) is 4.98 Å². The first kappa shape index (κ1) is 12.5. The molecular weight excluding hydrogens is 239 g/mol. The van der Waals surface area contributed by atoms with Gasteiger partial charge in [-0.3, -0.25) is 4.79 Å². The molecule has 1 amide bonds. The van der Waals surface area contributed by atoms with Crippen LogP contribution in [0.3, 0.4) is 0 Å². The third kappa shape index (κ3) is 2.47. The number of amides is 1. The van der Waals surface area contributed by atoms with Gasteiger partial charge in [0.25, 0.3) is 5.91 Å². The minimum absolute atomic E-state index is 0.213. The Morgan fingerprint density at radius 1 is 1.39 bits per heavy atom. The summed E-state index contributed by atoms with van der Waals surface area (Å²) in [4.78, 5) is 27.9. The number of carbonyl (C=O) groups is 2. The van der Waals surface area contributed by atoms with Crippen molar-refractivity contribution in [3.05, 3.63) is 29.8 Å². The number of aliphatic carboxylic acids is 1. The Labute approximate surface area is 103 Å². The van der Waals surface area contributed by atoms with Crippen molar-refractivity contribution >= 4 is 11.9 Å². The zero-order valence-electron chi connectivity index (χ0n) is 9.67. The zero-order chi connectivity index (χ0) is 13.1. The van der Waals surface area contributed by atoms with E-state index in [-0.39, 0.29) is 5.56 Å². The lowest BCUT2D eigenvalue weighted by atomic mass is 10.0. The van der Waals surface area contributed by atoms with Crippen LogP contribution < -0.4 is 0 Å². The molecule has 5 nitrogen and oxygen atoms in total. The molecule has 1 aliphatic heterocycles. The van der Waals surface area contributed by atoms with Crippen molar-refractivity contribution in [2.75, 3.05) is 6.54 Å². The van der Waals surface area contributed by atoms with Gasteiger partial charge in [-0.1, -0.05) is 0 Å². The number of piperidine rings is 1. The molecule has 0 aliphatic carbocycles. The van der Waals surface area contributed by atoms with Crippen molar-refractivity contribution in [2.45, 2.75) is 25.3 Å². The molecule has 0 saturated carbocycles. The fraction of sp³-hybridized carbons (Fsp3) is 0.417. The summed E-state index contributed by atoms with van der Waals surface area (Å²) in [7, 11) is 0. The fourth-order valence-electron chi connectivity index (χ4n) is 2.10. The first-order valence-electron chi connectivity index (χ1n) is 5.75. The van der Waals surface area contributed by atoms with Gasteiger partial charge in [0.1, 0.15) is 6.04 Å². The SMILES string of the molecule is O=C(O)[C@@H]1CCCCN1C(=O)c1ccc(F)nc1. The summed E-state index contributed by atoms with van der Waals surface area (Å²) in [6, 6.07) is 1.61. The van der Waals surface area contributed by atoms with Gasteiger partial charge in [-0.05, 0) is 31.4 Å². The quantitative estimate of drug-likeness (QED) is 0.805. The van der Waals surface area contributed by atoms with Crippen LogP contribution in [0.15, 0.2) is 18.3 Å². The number of aromatic nitrogens is 1. The van der Waals surface area contributed by atoms with Gasteiger partial charge >= 0.3 is 5.97 Å². The van der Waals surface area contributed by atoms with Crippen LogP contribution in [-0.2, 0) is 4.79 Å². The molecule has 1 atom stereocenters. The number of carboxylic acid groups (broad SMARTS) is 1. The normalized spacial score (nSPS) is 19.6. The summed E-state index contributed by atoms with van der Waals surface area (Å²) >= 11 is 0. The second-order valence-corrected chi connectivity index (χ2v) is 4.22. The van der Waals surface area contributed by atoms with E-state index in [0.29, 0.717) is 13.0 Å². The van der Waals surface area contributed by atoms with Gasteiger partial charge in [-0.15, -0.1) is 0 Å². The number of hydrogen-bond acceptors (Lipinski definition) is 3. The van der Waals surface area contributed by atoms with E-state index in [1.54, 1.807) is 0 Å². The molecule has 0 aromatic carbocycles. The predicted molar refractivity (Wildman–Crippen MR) is 60.5 cm³/mol. The molecule has 6 heteroatoms. The number of nitrogens with zero attached hydrogens (tertiary/aromatic N) is 2. The lowest BCUT2D eigenvalue weighted by Gasteiger charge is -2.32. The van der Waals surface area contributed by atoms with Crippen molar-refractivity contribution < 1.29 is 19.1 Å². The van der Waals surface area contributed by atoms with Crippen LogP contribution in [0.2, 0.25) is 0 Å². The molecule has 1 aliphatic rings. The summed E-state index contributed by atoms with van der Waals surface area (Å²) in [6.07, 6.45) is 3.16. The number of halogens is 1. The van der Waals surface area contributed by atoms with Gasteiger partial charge in [0.15, 0.2) is 0 Å². The molecule has 0 spiro atoms. The standard InChI is InChI=1S/C12H13FN2O3/c13-10-5-4-8(7-14-10)11(16)15-6-2-1-3-9(15)12(17)18/h4-5,7,9H,1-3,6H2,(H,17,18)/t9-/m0/s1. The Hall–Kier alpha value is -1.98. The fourth-order valence-corrected chi connectivity index (χ4v) is 2.10. The smallest absolute Gasteiger partial charge is 0.326 e.